The summed E-state index contributed by atoms with van der Waals surface area (Å²) in [4.78, 5) is 10.9. The van der Waals surface area contributed by atoms with E-state index in [1.165, 1.54) is 24.3 Å². The quantitative estimate of drug-likeness (QED) is 0.900. The van der Waals surface area contributed by atoms with Crippen LogP contribution in [-0.2, 0) is 6.61 Å². The molecule has 0 saturated carbocycles. The molecule has 0 saturated heterocycles. The van der Waals surface area contributed by atoms with Crippen molar-refractivity contribution in [2.75, 3.05) is 0 Å². The standard InChI is InChI=1S/C14H11ClO4/c15-13-5-4-9(6-12(13)14(17)18)8-19-11-3-1-2-10(16)7-11/h1-7,16H,8H2,(H,17,18). The molecule has 0 radical (unpaired) electrons. The predicted octanol–water partition coefficient (Wildman–Crippen LogP) is 3.32. The van der Waals surface area contributed by atoms with Crippen molar-refractivity contribution in [3.05, 3.63) is 58.6 Å². The molecule has 4 nitrogen and oxygen atoms in total. The summed E-state index contributed by atoms with van der Waals surface area (Å²) < 4.78 is 5.45. The molecule has 0 fully saturated rings. The number of halogens is 1. The van der Waals surface area contributed by atoms with Crippen molar-refractivity contribution in [2.45, 2.75) is 6.61 Å². The largest absolute Gasteiger partial charge is 0.508 e. The highest BCUT2D eigenvalue weighted by Gasteiger charge is 2.09. The van der Waals surface area contributed by atoms with Crippen LogP contribution in [0.2, 0.25) is 5.02 Å². The SMILES string of the molecule is O=C(O)c1cc(COc2cccc(O)c2)ccc1Cl. The van der Waals surface area contributed by atoms with Gasteiger partial charge in [0.05, 0.1) is 10.6 Å². The van der Waals surface area contributed by atoms with Crippen molar-refractivity contribution >= 4 is 17.6 Å². The Labute approximate surface area is 114 Å². The van der Waals surface area contributed by atoms with Crippen molar-refractivity contribution in [3.63, 3.8) is 0 Å². The number of ether oxygens (including phenoxy) is 1. The zero-order chi connectivity index (χ0) is 13.8. The molecule has 0 heterocycles. The first-order valence-electron chi connectivity index (χ1n) is 5.50. The highest BCUT2D eigenvalue weighted by molar-refractivity contribution is 6.33. The zero-order valence-electron chi connectivity index (χ0n) is 9.84. The number of hydrogen-bond donors (Lipinski definition) is 2. The third-order valence-electron chi connectivity index (χ3n) is 2.48. The first kappa shape index (κ1) is 13.2. The topological polar surface area (TPSA) is 66.8 Å². The van der Waals surface area contributed by atoms with Crippen LogP contribution in [0.5, 0.6) is 11.5 Å². The Balaban J connectivity index is 2.12. The lowest BCUT2D eigenvalue weighted by Crippen LogP contribution is -2.01. The Kier molecular flexibility index (Phi) is 3.92. The van der Waals surface area contributed by atoms with Gasteiger partial charge in [0.2, 0.25) is 0 Å². The summed E-state index contributed by atoms with van der Waals surface area (Å²) in [7, 11) is 0. The maximum absolute atomic E-state index is 10.9. The molecule has 0 atom stereocenters. The fourth-order valence-electron chi connectivity index (χ4n) is 1.57. The molecule has 0 spiro atoms. The molecule has 2 aromatic carbocycles. The minimum atomic E-state index is -1.08. The van der Waals surface area contributed by atoms with E-state index in [0.29, 0.717) is 11.3 Å². The zero-order valence-corrected chi connectivity index (χ0v) is 10.6. The number of carbonyl (C=O) groups is 1. The molecular weight excluding hydrogens is 268 g/mol. The normalized spacial score (nSPS) is 10.2. The minimum Gasteiger partial charge on any atom is -0.508 e. The van der Waals surface area contributed by atoms with E-state index in [9.17, 15) is 9.90 Å². The van der Waals surface area contributed by atoms with E-state index < -0.39 is 5.97 Å². The Morgan fingerprint density at radius 1 is 1.21 bits per heavy atom. The second kappa shape index (κ2) is 5.63. The lowest BCUT2D eigenvalue weighted by Gasteiger charge is -2.08. The van der Waals surface area contributed by atoms with Crippen LogP contribution in [0.15, 0.2) is 42.5 Å². The molecule has 0 aliphatic rings. The van der Waals surface area contributed by atoms with E-state index in [-0.39, 0.29) is 22.9 Å². The summed E-state index contributed by atoms with van der Waals surface area (Å²) >= 11 is 5.77. The number of phenolic OH excluding ortho intramolecular Hbond substituents is 1. The van der Waals surface area contributed by atoms with Gasteiger partial charge in [-0.3, -0.25) is 0 Å². The summed E-state index contributed by atoms with van der Waals surface area (Å²) in [6.45, 7) is 0.195. The number of aromatic hydroxyl groups is 1. The van der Waals surface area contributed by atoms with Crippen LogP contribution in [0.4, 0.5) is 0 Å². The van der Waals surface area contributed by atoms with Crippen molar-refractivity contribution in [2.24, 2.45) is 0 Å². The Morgan fingerprint density at radius 2 is 2.00 bits per heavy atom. The average molecular weight is 279 g/mol. The van der Waals surface area contributed by atoms with Gasteiger partial charge in [0, 0.05) is 6.07 Å². The highest BCUT2D eigenvalue weighted by Crippen LogP contribution is 2.21. The molecule has 2 N–H and O–H groups in total. The van der Waals surface area contributed by atoms with Gasteiger partial charge >= 0.3 is 5.97 Å². The van der Waals surface area contributed by atoms with Crippen molar-refractivity contribution in [3.8, 4) is 11.5 Å². The maximum Gasteiger partial charge on any atom is 0.337 e. The van der Waals surface area contributed by atoms with Crippen molar-refractivity contribution < 1.29 is 19.7 Å². The third-order valence-corrected chi connectivity index (χ3v) is 2.81. The molecule has 98 valence electrons. The molecule has 2 rings (SSSR count). The summed E-state index contributed by atoms with van der Waals surface area (Å²) in [5.41, 5.74) is 0.726. The number of aromatic carboxylic acids is 1. The Bertz CT molecular complexity index is 610. The molecule has 2 aromatic rings. The van der Waals surface area contributed by atoms with E-state index in [1.807, 2.05) is 0 Å². The summed E-state index contributed by atoms with van der Waals surface area (Å²) in [5.74, 6) is -0.462. The van der Waals surface area contributed by atoms with Crippen LogP contribution < -0.4 is 4.74 Å². The Hall–Kier alpha value is -2.20. The van der Waals surface area contributed by atoms with Crippen molar-refractivity contribution in [1.82, 2.24) is 0 Å². The number of carboxylic acid groups (broad SMARTS) is 1. The molecule has 0 bridgehead atoms. The average Bonchev–Trinajstić information content (AvgIpc) is 2.37. The highest BCUT2D eigenvalue weighted by atomic mass is 35.5. The first-order chi connectivity index (χ1) is 9.06. The third kappa shape index (κ3) is 3.39. The maximum atomic E-state index is 10.9. The van der Waals surface area contributed by atoms with Gasteiger partial charge in [0.15, 0.2) is 0 Å². The van der Waals surface area contributed by atoms with Gasteiger partial charge in [-0.05, 0) is 29.8 Å². The van der Waals surface area contributed by atoms with E-state index in [2.05, 4.69) is 0 Å². The van der Waals surface area contributed by atoms with Gasteiger partial charge < -0.3 is 14.9 Å². The van der Waals surface area contributed by atoms with E-state index in [4.69, 9.17) is 21.4 Å². The molecular formula is C14H11ClO4. The fraction of sp³-hybridized carbons (Fsp3) is 0.0714. The smallest absolute Gasteiger partial charge is 0.337 e. The lowest BCUT2D eigenvalue weighted by molar-refractivity contribution is 0.0697. The lowest BCUT2D eigenvalue weighted by atomic mass is 10.1. The van der Waals surface area contributed by atoms with Gasteiger partial charge in [-0.15, -0.1) is 0 Å². The van der Waals surface area contributed by atoms with E-state index in [0.717, 1.165) is 0 Å². The number of carboxylic acids is 1. The number of phenols is 1. The second-order valence-corrected chi connectivity index (χ2v) is 4.31. The molecule has 0 aliphatic heterocycles. The number of rotatable bonds is 4. The van der Waals surface area contributed by atoms with Gasteiger partial charge in [-0.25, -0.2) is 4.79 Å². The molecule has 0 amide bonds. The summed E-state index contributed by atoms with van der Waals surface area (Å²) in [5, 5.41) is 18.4. The minimum absolute atomic E-state index is 0.0404. The molecule has 0 aromatic heterocycles. The molecule has 19 heavy (non-hydrogen) atoms. The van der Waals surface area contributed by atoms with Crippen LogP contribution in [0.25, 0.3) is 0 Å². The summed E-state index contributed by atoms with van der Waals surface area (Å²) in [6.07, 6.45) is 0. The number of benzene rings is 2. The Morgan fingerprint density at radius 3 is 2.68 bits per heavy atom. The summed E-state index contributed by atoms with van der Waals surface area (Å²) in [6, 6.07) is 11.1. The van der Waals surface area contributed by atoms with Gasteiger partial charge in [0.1, 0.15) is 18.1 Å². The van der Waals surface area contributed by atoms with Crippen molar-refractivity contribution in [1.29, 1.82) is 0 Å². The number of hydrogen-bond acceptors (Lipinski definition) is 3. The fourth-order valence-corrected chi connectivity index (χ4v) is 1.76. The van der Waals surface area contributed by atoms with Gasteiger partial charge in [-0.1, -0.05) is 23.7 Å². The van der Waals surface area contributed by atoms with Crippen LogP contribution in [-0.4, -0.2) is 16.2 Å². The molecule has 0 aliphatic carbocycles. The second-order valence-electron chi connectivity index (χ2n) is 3.91. The first-order valence-corrected chi connectivity index (χ1v) is 5.87. The van der Waals surface area contributed by atoms with Gasteiger partial charge in [0.25, 0.3) is 0 Å². The molecule has 5 heteroatoms. The van der Waals surface area contributed by atoms with Crippen LogP contribution in [0, 0.1) is 0 Å². The van der Waals surface area contributed by atoms with E-state index in [1.54, 1.807) is 18.2 Å². The van der Waals surface area contributed by atoms with E-state index >= 15 is 0 Å². The molecule has 0 unspecified atom stereocenters. The van der Waals surface area contributed by atoms with Crippen LogP contribution >= 0.6 is 11.6 Å². The van der Waals surface area contributed by atoms with Crippen LogP contribution in [0.3, 0.4) is 0 Å². The van der Waals surface area contributed by atoms with Gasteiger partial charge in [-0.2, -0.15) is 0 Å². The van der Waals surface area contributed by atoms with Crippen LogP contribution in [0.1, 0.15) is 15.9 Å². The predicted molar refractivity (Wildman–Crippen MR) is 70.9 cm³/mol. The monoisotopic (exact) mass is 278 g/mol.